The summed E-state index contributed by atoms with van der Waals surface area (Å²) in [6, 6.07) is 0. The van der Waals surface area contributed by atoms with Crippen LogP contribution < -0.4 is 0 Å². The fourth-order valence-electron chi connectivity index (χ4n) is 6.71. The van der Waals surface area contributed by atoms with Crippen molar-refractivity contribution < 1.29 is 61.6 Å². The first-order valence-electron chi connectivity index (χ1n) is 27.2. The van der Waals surface area contributed by atoms with Gasteiger partial charge in [0.15, 0.2) is 0 Å². The van der Waals surface area contributed by atoms with Crippen molar-refractivity contribution in [1.29, 1.82) is 0 Å². The number of hydrogen-bond acceptors (Lipinski definition) is 13. The monoisotopic (exact) mass is 981 g/mol. The highest BCUT2D eigenvalue weighted by Crippen LogP contribution is 2.33. The van der Waals surface area contributed by atoms with Crippen LogP contribution in [0.1, 0.15) is 141 Å². The summed E-state index contributed by atoms with van der Waals surface area (Å²) in [5.41, 5.74) is -0.870. The third-order valence-corrected chi connectivity index (χ3v) is 11.5. The molecular formula is C55H112O13. The van der Waals surface area contributed by atoms with Crippen LogP contribution in [0.4, 0.5) is 0 Å². The van der Waals surface area contributed by atoms with E-state index >= 15 is 0 Å². The lowest BCUT2D eigenvalue weighted by Crippen LogP contribution is -2.41. The molecule has 0 atom stereocenters. The summed E-state index contributed by atoms with van der Waals surface area (Å²) in [4.78, 5) is 0. The summed E-state index contributed by atoms with van der Waals surface area (Å²) in [5, 5.41) is 0. The van der Waals surface area contributed by atoms with Gasteiger partial charge in [-0.15, -0.1) is 0 Å². The molecule has 410 valence electrons. The van der Waals surface area contributed by atoms with Gasteiger partial charge in [0.2, 0.25) is 0 Å². The smallest absolute Gasteiger partial charge is 0.0701 e. The topological polar surface area (TPSA) is 120 Å². The Balaban J connectivity index is 6.30. The normalized spacial score (nSPS) is 12.8. The first-order valence-corrected chi connectivity index (χ1v) is 27.2. The molecule has 13 nitrogen and oxygen atoms in total. The average molecular weight is 981 g/mol. The lowest BCUT2D eigenvalue weighted by molar-refractivity contribution is -0.104. The van der Waals surface area contributed by atoms with Crippen LogP contribution in [-0.4, -0.2) is 172 Å². The van der Waals surface area contributed by atoms with Crippen LogP contribution in [0.15, 0.2) is 0 Å². The summed E-state index contributed by atoms with van der Waals surface area (Å²) in [6.45, 7) is 41.0. The minimum atomic E-state index is -0.442. The highest BCUT2D eigenvalue weighted by molar-refractivity contribution is 4.85. The molecule has 68 heavy (non-hydrogen) atoms. The molecule has 0 aromatic rings. The first kappa shape index (κ1) is 67.5. The molecule has 0 aromatic carbocycles. The lowest BCUT2D eigenvalue weighted by atomic mass is 9.79. The molecule has 0 spiro atoms. The maximum atomic E-state index is 6.46. The van der Waals surface area contributed by atoms with Crippen molar-refractivity contribution in [1.82, 2.24) is 0 Å². The zero-order chi connectivity index (χ0) is 50.4. The van der Waals surface area contributed by atoms with Gasteiger partial charge in [-0.05, 0) is 86.9 Å². The Labute approximate surface area is 419 Å². The van der Waals surface area contributed by atoms with Crippen LogP contribution in [0, 0.1) is 46.3 Å². The molecule has 13 heteroatoms. The molecule has 0 aliphatic heterocycles. The molecule has 0 saturated heterocycles. The number of rotatable bonds is 55. The predicted octanol–water partition coefficient (Wildman–Crippen LogP) is 10.6. The van der Waals surface area contributed by atoms with Crippen LogP contribution in [0.25, 0.3) is 0 Å². The molecule has 0 fully saturated rings. The predicted molar refractivity (Wildman–Crippen MR) is 276 cm³/mol. The molecule has 0 radical (unpaired) electrons. The molecule has 0 bridgehead atoms. The van der Waals surface area contributed by atoms with Crippen molar-refractivity contribution in [2.24, 2.45) is 46.3 Å². The third kappa shape index (κ3) is 46.5. The van der Waals surface area contributed by atoms with E-state index in [0.717, 1.165) is 97.4 Å². The van der Waals surface area contributed by atoms with Crippen LogP contribution in [0.2, 0.25) is 0 Å². The van der Waals surface area contributed by atoms with E-state index in [1.165, 1.54) is 0 Å². The lowest BCUT2D eigenvalue weighted by Gasteiger charge is -2.37. The molecule has 0 rings (SSSR count). The second-order valence-corrected chi connectivity index (χ2v) is 21.6. The molecule has 0 amide bonds. The van der Waals surface area contributed by atoms with Crippen LogP contribution >= 0.6 is 0 Å². The van der Waals surface area contributed by atoms with Gasteiger partial charge in [0.05, 0.1) is 132 Å². The highest BCUT2D eigenvalue weighted by Gasteiger charge is 2.36. The fraction of sp³-hybridized carbons (Fsp3) is 1.00. The van der Waals surface area contributed by atoms with Gasteiger partial charge in [-0.1, -0.05) is 89.5 Å². The van der Waals surface area contributed by atoms with Gasteiger partial charge in [0.25, 0.3) is 0 Å². The standard InChI is InChI=1S/C55H112O13/c1-48(2)14-22-56-28-29-62-35-41-68-47-55(45-66-39-33-60-26-18-52(9)10,46-67-40-34-61-27-19-53(11)12)21-13-20-54(42-63-36-30-57-23-15-49(3)4,43-64-37-31-58-24-16-50(5)6)44-65-38-32-59-25-17-51(7)8/h48-53H,13-47H2,1-12H3. The fourth-order valence-corrected chi connectivity index (χ4v) is 6.71. The second kappa shape index (κ2) is 47.5. The van der Waals surface area contributed by atoms with E-state index in [4.69, 9.17) is 61.6 Å². The summed E-state index contributed by atoms with van der Waals surface area (Å²) in [5.74, 6) is 3.60. The van der Waals surface area contributed by atoms with Gasteiger partial charge < -0.3 is 61.6 Å². The Kier molecular flexibility index (Phi) is 47.1. The van der Waals surface area contributed by atoms with Gasteiger partial charge in [0, 0.05) is 50.5 Å². The maximum absolute atomic E-state index is 6.46. The van der Waals surface area contributed by atoms with Gasteiger partial charge >= 0.3 is 0 Å². The van der Waals surface area contributed by atoms with E-state index < -0.39 is 10.8 Å². The van der Waals surface area contributed by atoms with E-state index in [9.17, 15) is 0 Å². The van der Waals surface area contributed by atoms with Crippen molar-refractivity contribution in [3.63, 3.8) is 0 Å². The van der Waals surface area contributed by atoms with Gasteiger partial charge in [-0.2, -0.15) is 0 Å². The van der Waals surface area contributed by atoms with Gasteiger partial charge in [-0.3, -0.25) is 0 Å². The second-order valence-electron chi connectivity index (χ2n) is 21.6. The van der Waals surface area contributed by atoms with Crippen molar-refractivity contribution in [3.8, 4) is 0 Å². The molecule has 0 aliphatic rings. The molecule has 0 aliphatic carbocycles. The molecule has 0 aromatic heterocycles. The van der Waals surface area contributed by atoms with Gasteiger partial charge in [0.1, 0.15) is 0 Å². The summed E-state index contributed by atoms with van der Waals surface area (Å²) in [6.07, 6.45) is 8.60. The Morgan fingerprint density at radius 1 is 0.206 bits per heavy atom. The van der Waals surface area contributed by atoms with E-state index in [1.54, 1.807) is 0 Å². The molecule has 0 N–H and O–H groups in total. The number of ether oxygens (including phenoxy) is 13. The van der Waals surface area contributed by atoms with Crippen molar-refractivity contribution in [3.05, 3.63) is 0 Å². The van der Waals surface area contributed by atoms with E-state index in [1.807, 2.05) is 0 Å². The highest BCUT2D eigenvalue weighted by atomic mass is 16.6. The molecule has 0 saturated carbocycles. The van der Waals surface area contributed by atoms with E-state index in [2.05, 4.69) is 83.1 Å². The Hall–Kier alpha value is -0.520. The molecule has 0 heterocycles. The van der Waals surface area contributed by atoms with Crippen molar-refractivity contribution in [2.75, 3.05) is 172 Å². The minimum Gasteiger partial charge on any atom is -0.379 e. The quantitative estimate of drug-likeness (QED) is 0.0538. The van der Waals surface area contributed by atoms with E-state index in [-0.39, 0.29) is 0 Å². The molecular weight excluding hydrogens is 869 g/mol. The summed E-state index contributed by atoms with van der Waals surface area (Å²) >= 11 is 0. The van der Waals surface area contributed by atoms with Crippen molar-refractivity contribution >= 4 is 0 Å². The Morgan fingerprint density at radius 2 is 0.353 bits per heavy atom. The van der Waals surface area contributed by atoms with Crippen LogP contribution in [-0.2, 0) is 61.6 Å². The zero-order valence-corrected chi connectivity index (χ0v) is 46.5. The third-order valence-electron chi connectivity index (χ3n) is 11.5. The molecule has 0 unspecified atom stereocenters. The SMILES string of the molecule is CC(C)CCOCCOCCOCC(CCCC(COCCOCCC(C)C)(COCCOCCC(C)C)COCCOCCC(C)C)(COCCOCCC(C)C)COCCOCCC(C)C. The van der Waals surface area contributed by atoms with Crippen LogP contribution in [0.3, 0.4) is 0 Å². The van der Waals surface area contributed by atoms with Crippen molar-refractivity contribution in [2.45, 2.75) is 141 Å². The number of hydrogen-bond donors (Lipinski definition) is 0. The van der Waals surface area contributed by atoms with E-state index in [0.29, 0.717) is 168 Å². The Bertz CT molecular complexity index is 935. The minimum absolute atomic E-state index is 0.429. The largest absolute Gasteiger partial charge is 0.379 e. The van der Waals surface area contributed by atoms with Crippen LogP contribution in [0.5, 0.6) is 0 Å². The summed E-state index contributed by atoms with van der Waals surface area (Å²) < 4.78 is 80.1. The van der Waals surface area contributed by atoms with Gasteiger partial charge in [-0.25, -0.2) is 0 Å². The zero-order valence-electron chi connectivity index (χ0n) is 46.5. The average Bonchev–Trinajstić information content (AvgIpc) is 3.27. The maximum Gasteiger partial charge on any atom is 0.0701 e. The first-order chi connectivity index (χ1) is 32.7. The Morgan fingerprint density at radius 3 is 0.515 bits per heavy atom. The summed E-state index contributed by atoms with van der Waals surface area (Å²) in [7, 11) is 0.